The smallest absolute Gasteiger partial charge is 0.294 e. The highest BCUT2D eigenvalue weighted by Gasteiger charge is 2.11. The lowest BCUT2D eigenvalue weighted by molar-refractivity contribution is 0.0988. The number of hydrogen-bond donors (Lipinski definition) is 1. The van der Waals surface area contributed by atoms with Crippen LogP contribution in [0.15, 0.2) is 28.8 Å². The average molecular weight is 251 g/mol. The molecule has 1 amide bonds. The Balaban J connectivity index is 2.15. The molecule has 0 aliphatic carbocycles. The van der Waals surface area contributed by atoms with E-state index in [-0.39, 0.29) is 11.7 Å². The second kappa shape index (κ2) is 4.59. The maximum Gasteiger partial charge on any atom is 0.294 e. The van der Waals surface area contributed by atoms with Crippen molar-refractivity contribution in [2.45, 2.75) is 13.8 Å². The summed E-state index contributed by atoms with van der Waals surface area (Å²) in [4.78, 5) is 11.7. The normalized spacial score (nSPS) is 10.3. The first-order valence-electron chi connectivity index (χ1n) is 5.07. The van der Waals surface area contributed by atoms with Gasteiger partial charge in [-0.2, -0.15) is 0 Å². The molecule has 0 unspecified atom stereocenters. The lowest BCUT2D eigenvalue weighted by atomic mass is 10.2. The number of anilines is 1. The zero-order valence-electron chi connectivity index (χ0n) is 9.45. The highest BCUT2D eigenvalue weighted by Crippen LogP contribution is 2.20. The van der Waals surface area contributed by atoms with Crippen molar-refractivity contribution in [1.82, 2.24) is 5.16 Å². The molecular weight excluding hydrogens is 240 g/mol. The monoisotopic (exact) mass is 250 g/mol. The van der Waals surface area contributed by atoms with Crippen LogP contribution in [0, 0.1) is 13.8 Å². The lowest BCUT2D eigenvalue weighted by Crippen LogP contribution is -2.10. The Bertz CT molecular complexity index is 563. The third-order valence-electron chi connectivity index (χ3n) is 2.28. The molecule has 0 atom stereocenters. The number of halogens is 1. The number of nitrogens with zero attached hydrogens (tertiary/aromatic N) is 1. The first kappa shape index (κ1) is 11.7. The van der Waals surface area contributed by atoms with Gasteiger partial charge >= 0.3 is 0 Å². The summed E-state index contributed by atoms with van der Waals surface area (Å²) in [6.45, 7) is 3.65. The van der Waals surface area contributed by atoms with Crippen LogP contribution in [0.3, 0.4) is 0 Å². The van der Waals surface area contributed by atoms with Gasteiger partial charge < -0.3 is 9.84 Å². The number of aromatic nitrogens is 1. The predicted octanol–water partition coefficient (Wildman–Crippen LogP) is 3.20. The number of aryl methyl sites for hydroxylation is 2. The van der Waals surface area contributed by atoms with Crippen molar-refractivity contribution in [2.24, 2.45) is 0 Å². The lowest BCUT2D eigenvalue weighted by Gasteiger charge is -2.04. The summed E-state index contributed by atoms with van der Waals surface area (Å²) < 4.78 is 4.86. The zero-order valence-corrected chi connectivity index (χ0v) is 10.2. The molecule has 0 radical (unpaired) electrons. The van der Waals surface area contributed by atoms with E-state index in [9.17, 15) is 4.79 Å². The molecule has 0 fully saturated rings. The van der Waals surface area contributed by atoms with Crippen molar-refractivity contribution in [3.63, 3.8) is 0 Å². The van der Waals surface area contributed by atoms with E-state index in [2.05, 4.69) is 10.5 Å². The minimum Gasteiger partial charge on any atom is -0.351 e. The summed E-state index contributed by atoms with van der Waals surface area (Å²) in [5.41, 5.74) is 2.25. The van der Waals surface area contributed by atoms with Crippen LogP contribution in [-0.2, 0) is 0 Å². The quantitative estimate of drug-likeness (QED) is 0.891. The van der Waals surface area contributed by atoms with E-state index < -0.39 is 0 Å². The predicted molar refractivity (Wildman–Crippen MR) is 65.4 cm³/mol. The van der Waals surface area contributed by atoms with Crippen LogP contribution < -0.4 is 5.32 Å². The number of carbonyl (C=O) groups excluding carboxylic acids is 1. The van der Waals surface area contributed by atoms with Gasteiger partial charge in [-0.1, -0.05) is 22.8 Å². The van der Waals surface area contributed by atoms with Gasteiger partial charge in [0.15, 0.2) is 0 Å². The van der Waals surface area contributed by atoms with Crippen LogP contribution in [0.4, 0.5) is 5.69 Å². The molecule has 88 valence electrons. The Hall–Kier alpha value is -1.81. The third kappa shape index (κ3) is 2.65. The van der Waals surface area contributed by atoms with E-state index in [1.54, 1.807) is 25.1 Å². The number of rotatable bonds is 2. The van der Waals surface area contributed by atoms with Gasteiger partial charge in [0.2, 0.25) is 5.76 Å². The molecule has 1 N–H and O–H groups in total. The summed E-state index contributed by atoms with van der Waals surface area (Å²) in [6, 6.07) is 6.88. The fraction of sp³-hybridized carbons (Fsp3) is 0.167. The maximum atomic E-state index is 11.7. The van der Waals surface area contributed by atoms with E-state index in [1.165, 1.54) is 0 Å². The third-order valence-corrected chi connectivity index (χ3v) is 2.69. The molecule has 2 rings (SSSR count). The Morgan fingerprint density at radius 2 is 2.12 bits per heavy atom. The number of amides is 1. The molecule has 0 saturated heterocycles. The first-order valence-corrected chi connectivity index (χ1v) is 5.45. The molecule has 0 spiro atoms. The van der Waals surface area contributed by atoms with Gasteiger partial charge in [-0.15, -0.1) is 0 Å². The molecule has 0 bridgehead atoms. The molecule has 0 saturated carbocycles. The Kier molecular flexibility index (Phi) is 3.15. The number of benzene rings is 1. The molecule has 1 heterocycles. The van der Waals surface area contributed by atoms with Crippen LogP contribution in [0.5, 0.6) is 0 Å². The highest BCUT2D eigenvalue weighted by atomic mass is 35.5. The molecule has 0 aliphatic rings. The van der Waals surface area contributed by atoms with Crippen molar-refractivity contribution in [1.29, 1.82) is 0 Å². The minimum atomic E-state index is -0.342. The van der Waals surface area contributed by atoms with Crippen LogP contribution >= 0.6 is 11.6 Å². The fourth-order valence-electron chi connectivity index (χ4n) is 1.33. The number of hydrogen-bond acceptors (Lipinski definition) is 3. The topological polar surface area (TPSA) is 55.1 Å². The van der Waals surface area contributed by atoms with Crippen LogP contribution in [-0.4, -0.2) is 11.1 Å². The summed E-state index contributed by atoms with van der Waals surface area (Å²) in [5, 5.41) is 6.94. The van der Waals surface area contributed by atoms with Gasteiger partial charge in [-0.25, -0.2) is 0 Å². The van der Waals surface area contributed by atoms with Crippen LogP contribution in [0.25, 0.3) is 0 Å². The van der Waals surface area contributed by atoms with Crippen molar-refractivity contribution in [3.05, 3.63) is 46.3 Å². The van der Waals surface area contributed by atoms with Crippen molar-refractivity contribution in [2.75, 3.05) is 5.32 Å². The molecule has 1 aromatic heterocycles. The number of carbonyl (C=O) groups is 1. The largest absolute Gasteiger partial charge is 0.351 e. The van der Waals surface area contributed by atoms with Gasteiger partial charge in [0.25, 0.3) is 5.91 Å². The summed E-state index contributed by atoms with van der Waals surface area (Å²) in [7, 11) is 0. The van der Waals surface area contributed by atoms with Gasteiger partial charge in [0.1, 0.15) is 0 Å². The van der Waals surface area contributed by atoms with Gasteiger partial charge in [0.05, 0.1) is 5.69 Å². The standard InChI is InChI=1S/C12H11ClN2O2/c1-7-3-4-9(6-10(7)13)14-12(16)11-5-8(2)15-17-11/h3-6H,1-2H3,(H,14,16). The molecule has 17 heavy (non-hydrogen) atoms. The fourth-order valence-corrected chi connectivity index (χ4v) is 1.51. The highest BCUT2D eigenvalue weighted by molar-refractivity contribution is 6.31. The number of nitrogens with one attached hydrogen (secondary N) is 1. The summed E-state index contributed by atoms with van der Waals surface area (Å²) >= 11 is 5.96. The van der Waals surface area contributed by atoms with Crippen LogP contribution in [0.1, 0.15) is 21.8 Å². The Morgan fingerprint density at radius 1 is 1.35 bits per heavy atom. The van der Waals surface area contributed by atoms with Crippen molar-refractivity contribution >= 4 is 23.2 Å². The van der Waals surface area contributed by atoms with E-state index in [0.717, 1.165) is 5.56 Å². The van der Waals surface area contributed by atoms with Gasteiger partial charge in [0, 0.05) is 16.8 Å². The van der Waals surface area contributed by atoms with Crippen molar-refractivity contribution < 1.29 is 9.32 Å². The minimum absolute atomic E-state index is 0.180. The van der Waals surface area contributed by atoms with E-state index >= 15 is 0 Å². The molecule has 5 heteroatoms. The van der Waals surface area contributed by atoms with Crippen LogP contribution in [0.2, 0.25) is 5.02 Å². The maximum absolute atomic E-state index is 11.7. The molecule has 0 aliphatic heterocycles. The molecule has 2 aromatic rings. The summed E-state index contributed by atoms with van der Waals surface area (Å²) in [6.07, 6.45) is 0. The van der Waals surface area contributed by atoms with Gasteiger partial charge in [-0.05, 0) is 31.5 Å². The average Bonchev–Trinajstić information content (AvgIpc) is 2.70. The molecule has 1 aromatic carbocycles. The van der Waals surface area contributed by atoms with Crippen molar-refractivity contribution in [3.8, 4) is 0 Å². The Morgan fingerprint density at radius 3 is 2.71 bits per heavy atom. The second-order valence-corrected chi connectivity index (χ2v) is 4.16. The molecule has 4 nitrogen and oxygen atoms in total. The van der Waals surface area contributed by atoms with E-state index in [4.69, 9.17) is 16.1 Å². The first-order chi connectivity index (χ1) is 8.06. The second-order valence-electron chi connectivity index (χ2n) is 3.75. The SMILES string of the molecule is Cc1cc(C(=O)Nc2ccc(C)c(Cl)c2)on1. The van der Waals surface area contributed by atoms with E-state index in [1.807, 2.05) is 13.0 Å². The van der Waals surface area contributed by atoms with E-state index in [0.29, 0.717) is 16.4 Å². The molecular formula is C12H11ClN2O2. The van der Waals surface area contributed by atoms with Gasteiger partial charge in [-0.3, -0.25) is 4.79 Å². The zero-order chi connectivity index (χ0) is 12.4. The summed E-state index contributed by atoms with van der Waals surface area (Å²) in [5.74, 6) is -0.162. The Labute approximate surface area is 104 Å².